The van der Waals surface area contributed by atoms with Crippen LogP contribution in [0.1, 0.15) is 38.6 Å². The van der Waals surface area contributed by atoms with E-state index in [9.17, 15) is 0 Å². The summed E-state index contributed by atoms with van der Waals surface area (Å²) in [7, 11) is 0. The van der Waals surface area contributed by atoms with E-state index in [2.05, 4.69) is 22.4 Å². The number of aromatic nitrogens is 4. The molecule has 2 N–H and O–H groups in total. The van der Waals surface area contributed by atoms with Gasteiger partial charge in [0.1, 0.15) is 0 Å². The zero-order valence-corrected chi connectivity index (χ0v) is 7.85. The van der Waals surface area contributed by atoms with E-state index in [4.69, 9.17) is 5.73 Å². The van der Waals surface area contributed by atoms with E-state index >= 15 is 0 Å². The molecule has 1 aliphatic rings. The highest BCUT2D eigenvalue weighted by atomic mass is 15.6. The largest absolute Gasteiger partial charge is 0.367 e. The summed E-state index contributed by atoms with van der Waals surface area (Å²) >= 11 is 0. The zero-order chi connectivity index (χ0) is 9.26. The highest BCUT2D eigenvalue weighted by Crippen LogP contribution is 2.37. The molecule has 0 bridgehead atoms. The van der Waals surface area contributed by atoms with E-state index in [0.29, 0.717) is 17.9 Å². The zero-order valence-electron chi connectivity index (χ0n) is 7.85. The van der Waals surface area contributed by atoms with Crippen molar-refractivity contribution in [2.24, 2.45) is 5.92 Å². The summed E-state index contributed by atoms with van der Waals surface area (Å²) in [5.74, 6) is 1.15. The maximum Gasteiger partial charge on any atom is 0.240 e. The number of nitrogens with two attached hydrogens (primary N) is 1. The summed E-state index contributed by atoms with van der Waals surface area (Å²) in [6, 6.07) is 0.431. The van der Waals surface area contributed by atoms with Gasteiger partial charge < -0.3 is 5.73 Å². The molecule has 2 rings (SSSR count). The van der Waals surface area contributed by atoms with E-state index < -0.39 is 0 Å². The van der Waals surface area contributed by atoms with Crippen molar-refractivity contribution < 1.29 is 0 Å². The third kappa shape index (κ3) is 1.38. The average molecular weight is 181 g/mol. The third-order valence-electron chi connectivity index (χ3n) is 2.98. The highest BCUT2D eigenvalue weighted by molar-refractivity contribution is 5.12. The number of anilines is 1. The average Bonchev–Trinajstić information content (AvgIpc) is 2.71. The lowest BCUT2D eigenvalue weighted by Crippen LogP contribution is -2.17. The quantitative estimate of drug-likeness (QED) is 0.739. The van der Waals surface area contributed by atoms with Crippen LogP contribution in [0.3, 0.4) is 0 Å². The molecule has 0 amide bonds. The number of hydrogen-bond acceptors (Lipinski definition) is 4. The Bertz CT molecular complexity index is 282. The molecule has 72 valence electrons. The molecule has 1 saturated carbocycles. The van der Waals surface area contributed by atoms with Gasteiger partial charge in [0.25, 0.3) is 0 Å². The molecule has 5 nitrogen and oxygen atoms in total. The number of tetrazole rings is 1. The van der Waals surface area contributed by atoms with E-state index in [1.165, 1.54) is 19.3 Å². The van der Waals surface area contributed by atoms with Gasteiger partial charge in [0, 0.05) is 0 Å². The van der Waals surface area contributed by atoms with Gasteiger partial charge in [-0.05, 0) is 29.2 Å². The Morgan fingerprint density at radius 2 is 2.38 bits per heavy atom. The normalized spacial score (nSPS) is 28.1. The first-order chi connectivity index (χ1) is 6.33. The molecular weight excluding hydrogens is 166 g/mol. The summed E-state index contributed by atoms with van der Waals surface area (Å²) in [5.41, 5.74) is 5.66. The van der Waals surface area contributed by atoms with E-state index in [0.717, 1.165) is 6.42 Å². The Balaban J connectivity index is 2.20. The Labute approximate surface area is 77.3 Å². The van der Waals surface area contributed by atoms with Gasteiger partial charge in [0.2, 0.25) is 5.95 Å². The monoisotopic (exact) mass is 181 g/mol. The molecule has 0 saturated heterocycles. The molecule has 1 aromatic heterocycles. The van der Waals surface area contributed by atoms with Crippen LogP contribution in [-0.4, -0.2) is 20.2 Å². The summed E-state index contributed by atoms with van der Waals surface area (Å²) in [4.78, 5) is 0. The first kappa shape index (κ1) is 8.47. The fraction of sp³-hybridized carbons (Fsp3) is 0.875. The van der Waals surface area contributed by atoms with Crippen molar-refractivity contribution in [2.45, 2.75) is 38.6 Å². The summed E-state index contributed by atoms with van der Waals surface area (Å²) in [6.07, 6.45) is 4.89. The molecule has 5 heteroatoms. The molecule has 0 spiro atoms. The third-order valence-corrected chi connectivity index (χ3v) is 2.98. The van der Waals surface area contributed by atoms with Crippen LogP contribution in [0.15, 0.2) is 0 Å². The Kier molecular flexibility index (Phi) is 2.16. The molecule has 0 aromatic carbocycles. The van der Waals surface area contributed by atoms with E-state index in [1.54, 1.807) is 4.68 Å². The molecule has 0 radical (unpaired) electrons. The predicted octanol–water partition coefficient (Wildman–Crippen LogP) is 1.01. The van der Waals surface area contributed by atoms with Crippen molar-refractivity contribution >= 4 is 5.95 Å². The predicted molar refractivity (Wildman–Crippen MR) is 48.9 cm³/mol. The van der Waals surface area contributed by atoms with Crippen molar-refractivity contribution in [3.63, 3.8) is 0 Å². The maximum atomic E-state index is 5.66. The summed E-state index contributed by atoms with van der Waals surface area (Å²) < 4.78 is 1.78. The molecular formula is C8H15N5. The van der Waals surface area contributed by atoms with Crippen LogP contribution in [0.5, 0.6) is 0 Å². The lowest BCUT2D eigenvalue weighted by molar-refractivity contribution is 0.341. The van der Waals surface area contributed by atoms with E-state index in [-0.39, 0.29) is 0 Å². The molecule has 0 aliphatic heterocycles. The minimum Gasteiger partial charge on any atom is -0.367 e. The van der Waals surface area contributed by atoms with Crippen LogP contribution < -0.4 is 5.73 Å². The lowest BCUT2D eigenvalue weighted by Gasteiger charge is -2.17. The molecule has 2 unspecified atom stereocenters. The van der Waals surface area contributed by atoms with Crippen LogP contribution >= 0.6 is 0 Å². The molecule has 2 atom stereocenters. The van der Waals surface area contributed by atoms with Crippen LogP contribution in [0, 0.1) is 5.92 Å². The van der Waals surface area contributed by atoms with Gasteiger partial charge in [-0.1, -0.05) is 24.9 Å². The summed E-state index contributed by atoms with van der Waals surface area (Å²) in [6.45, 7) is 2.21. The second kappa shape index (κ2) is 3.32. The second-order valence-electron chi connectivity index (χ2n) is 3.65. The fourth-order valence-electron chi connectivity index (χ4n) is 2.25. The van der Waals surface area contributed by atoms with Crippen LogP contribution in [-0.2, 0) is 0 Å². The van der Waals surface area contributed by atoms with Gasteiger partial charge in [-0.25, -0.2) is 4.68 Å². The van der Waals surface area contributed by atoms with Gasteiger partial charge >= 0.3 is 0 Å². The van der Waals surface area contributed by atoms with Gasteiger partial charge in [-0.15, -0.1) is 0 Å². The van der Waals surface area contributed by atoms with Crippen molar-refractivity contribution in [3.05, 3.63) is 0 Å². The molecule has 1 heterocycles. The maximum absolute atomic E-state index is 5.66. The standard InChI is InChI=1S/C8H15N5/c1-2-6-4-3-5-7(6)13-8(9)10-11-12-13/h6-7H,2-5H2,1H3,(H2,9,10,12). The topological polar surface area (TPSA) is 69.6 Å². The Morgan fingerprint density at radius 3 is 3.00 bits per heavy atom. The SMILES string of the molecule is CCC1CCCC1n1nnnc1N. The molecule has 1 fully saturated rings. The number of nitrogens with zero attached hydrogens (tertiary/aromatic N) is 4. The van der Waals surface area contributed by atoms with Crippen molar-refractivity contribution in [1.29, 1.82) is 0 Å². The molecule has 1 aromatic rings. The molecule has 1 aliphatic carbocycles. The van der Waals surface area contributed by atoms with Gasteiger partial charge in [0.15, 0.2) is 0 Å². The first-order valence-electron chi connectivity index (χ1n) is 4.86. The van der Waals surface area contributed by atoms with Crippen LogP contribution in [0.25, 0.3) is 0 Å². The number of hydrogen-bond donors (Lipinski definition) is 1. The first-order valence-corrected chi connectivity index (χ1v) is 4.86. The van der Waals surface area contributed by atoms with Crippen molar-refractivity contribution in [1.82, 2.24) is 20.2 Å². The van der Waals surface area contributed by atoms with Gasteiger partial charge in [-0.2, -0.15) is 0 Å². The Morgan fingerprint density at radius 1 is 1.54 bits per heavy atom. The van der Waals surface area contributed by atoms with Crippen LogP contribution in [0.2, 0.25) is 0 Å². The van der Waals surface area contributed by atoms with Crippen molar-refractivity contribution in [3.8, 4) is 0 Å². The fourth-order valence-corrected chi connectivity index (χ4v) is 2.25. The molecule has 13 heavy (non-hydrogen) atoms. The lowest BCUT2D eigenvalue weighted by atomic mass is 10.0. The number of rotatable bonds is 2. The van der Waals surface area contributed by atoms with E-state index in [1.807, 2.05) is 0 Å². The highest BCUT2D eigenvalue weighted by Gasteiger charge is 2.29. The minimum absolute atomic E-state index is 0.431. The smallest absolute Gasteiger partial charge is 0.240 e. The van der Waals surface area contributed by atoms with Gasteiger partial charge in [0.05, 0.1) is 6.04 Å². The second-order valence-corrected chi connectivity index (χ2v) is 3.65. The van der Waals surface area contributed by atoms with Crippen molar-refractivity contribution in [2.75, 3.05) is 5.73 Å². The van der Waals surface area contributed by atoms with Gasteiger partial charge in [-0.3, -0.25) is 0 Å². The van der Waals surface area contributed by atoms with Crippen LogP contribution in [0.4, 0.5) is 5.95 Å². The number of nitrogen functional groups attached to an aromatic ring is 1. The Hall–Kier alpha value is -1.13. The minimum atomic E-state index is 0.431. The summed E-state index contributed by atoms with van der Waals surface area (Å²) in [5, 5.41) is 11.2.